The van der Waals surface area contributed by atoms with Crippen molar-refractivity contribution in [3.05, 3.63) is 38.6 Å². The SMILES string of the molecule is Cc1nc(SCCCn2c(=O)c3c(ncn3C)n(C)c2=O)n(CC2CCCO2)c1C. The van der Waals surface area contributed by atoms with E-state index in [0.717, 1.165) is 42.6 Å². The van der Waals surface area contributed by atoms with Gasteiger partial charge in [-0.15, -0.1) is 0 Å². The average Bonchev–Trinajstić information content (AvgIpc) is 3.43. The summed E-state index contributed by atoms with van der Waals surface area (Å²) in [7, 11) is 3.41. The molecule has 0 aliphatic carbocycles. The van der Waals surface area contributed by atoms with Gasteiger partial charge in [-0.2, -0.15) is 0 Å². The van der Waals surface area contributed by atoms with Crippen molar-refractivity contribution >= 4 is 22.9 Å². The van der Waals surface area contributed by atoms with Gasteiger partial charge in [-0.05, 0) is 33.1 Å². The molecule has 1 saturated heterocycles. The second-order valence-electron chi connectivity index (χ2n) is 7.84. The minimum Gasteiger partial charge on any atom is -0.376 e. The molecule has 0 aromatic carbocycles. The van der Waals surface area contributed by atoms with Gasteiger partial charge in [0.15, 0.2) is 16.3 Å². The van der Waals surface area contributed by atoms with Crippen molar-refractivity contribution in [2.75, 3.05) is 12.4 Å². The molecule has 162 valence electrons. The predicted octanol–water partition coefficient (Wildman–Crippen LogP) is 1.61. The lowest BCUT2D eigenvalue weighted by atomic mass is 10.2. The molecule has 1 atom stereocenters. The topological polar surface area (TPSA) is 88.9 Å². The predicted molar refractivity (Wildman–Crippen MR) is 116 cm³/mol. The highest BCUT2D eigenvalue weighted by molar-refractivity contribution is 7.99. The van der Waals surface area contributed by atoms with Crippen molar-refractivity contribution in [1.82, 2.24) is 28.2 Å². The standard InChI is InChI=1S/C20H28N6O3S/c1-13-14(2)26(11-15-7-5-9-29-15)19(22-13)30-10-6-8-25-18(27)16-17(21-12-23(16)3)24(4)20(25)28/h12,15H,5-11H2,1-4H3. The summed E-state index contributed by atoms with van der Waals surface area (Å²) in [4.78, 5) is 34.3. The van der Waals surface area contributed by atoms with Crippen LogP contribution in [0.3, 0.4) is 0 Å². The zero-order valence-corrected chi connectivity index (χ0v) is 18.7. The maximum Gasteiger partial charge on any atom is 0.332 e. The zero-order valence-electron chi connectivity index (χ0n) is 17.9. The fourth-order valence-corrected chi connectivity index (χ4v) is 4.95. The van der Waals surface area contributed by atoms with Gasteiger partial charge in [0.2, 0.25) is 0 Å². The third kappa shape index (κ3) is 3.74. The summed E-state index contributed by atoms with van der Waals surface area (Å²) in [6, 6.07) is 0. The number of aryl methyl sites for hydroxylation is 3. The number of hydrogen-bond donors (Lipinski definition) is 0. The summed E-state index contributed by atoms with van der Waals surface area (Å²) < 4.78 is 12.4. The fourth-order valence-electron chi connectivity index (χ4n) is 3.92. The number of rotatable bonds is 7. The highest BCUT2D eigenvalue weighted by atomic mass is 32.2. The lowest BCUT2D eigenvalue weighted by molar-refractivity contribution is 0.0945. The van der Waals surface area contributed by atoms with Gasteiger partial charge in [0.1, 0.15) is 0 Å². The molecule has 0 spiro atoms. The highest BCUT2D eigenvalue weighted by Crippen LogP contribution is 2.24. The molecule has 3 aromatic rings. The molecule has 9 nitrogen and oxygen atoms in total. The molecule has 1 aliphatic heterocycles. The van der Waals surface area contributed by atoms with Gasteiger partial charge < -0.3 is 13.9 Å². The minimum absolute atomic E-state index is 0.254. The van der Waals surface area contributed by atoms with Crippen LogP contribution in [0.2, 0.25) is 0 Å². The Bertz CT molecular complexity index is 1180. The quantitative estimate of drug-likeness (QED) is 0.416. The van der Waals surface area contributed by atoms with E-state index in [0.29, 0.717) is 24.1 Å². The molecule has 30 heavy (non-hydrogen) atoms. The van der Waals surface area contributed by atoms with Crippen LogP contribution in [0.15, 0.2) is 21.1 Å². The maximum absolute atomic E-state index is 12.8. The second-order valence-corrected chi connectivity index (χ2v) is 8.90. The Labute approximate surface area is 178 Å². The molecule has 0 radical (unpaired) electrons. The Kier molecular flexibility index (Phi) is 5.88. The van der Waals surface area contributed by atoms with Crippen molar-refractivity contribution in [2.24, 2.45) is 14.1 Å². The Hall–Kier alpha value is -2.33. The third-order valence-electron chi connectivity index (χ3n) is 5.79. The summed E-state index contributed by atoms with van der Waals surface area (Å²) in [5.74, 6) is 0.764. The summed E-state index contributed by atoms with van der Waals surface area (Å²) in [5, 5.41) is 0.975. The number of nitrogens with zero attached hydrogens (tertiary/aromatic N) is 6. The lowest BCUT2D eigenvalue weighted by Gasteiger charge is -2.14. The molecule has 1 unspecified atom stereocenters. The first-order chi connectivity index (χ1) is 14.4. The molecule has 0 amide bonds. The normalized spacial score (nSPS) is 16.7. The van der Waals surface area contributed by atoms with Gasteiger partial charge in [-0.25, -0.2) is 14.8 Å². The van der Waals surface area contributed by atoms with Crippen LogP contribution in [0.4, 0.5) is 0 Å². The van der Waals surface area contributed by atoms with E-state index in [1.807, 2.05) is 6.92 Å². The largest absolute Gasteiger partial charge is 0.376 e. The van der Waals surface area contributed by atoms with Crippen LogP contribution in [0.5, 0.6) is 0 Å². The van der Waals surface area contributed by atoms with Gasteiger partial charge in [0.25, 0.3) is 5.56 Å². The number of aromatic nitrogens is 6. The van der Waals surface area contributed by atoms with Gasteiger partial charge in [0.05, 0.1) is 24.7 Å². The minimum atomic E-state index is -0.331. The fraction of sp³-hybridized carbons (Fsp3) is 0.600. The number of fused-ring (bicyclic) bond motifs is 1. The monoisotopic (exact) mass is 432 g/mol. The van der Waals surface area contributed by atoms with E-state index in [-0.39, 0.29) is 17.4 Å². The molecular formula is C20H28N6O3S. The van der Waals surface area contributed by atoms with Crippen LogP contribution >= 0.6 is 11.8 Å². The number of ether oxygens (including phenoxy) is 1. The molecule has 1 aliphatic rings. The first-order valence-corrected chi connectivity index (χ1v) is 11.3. The van der Waals surface area contributed by atoms with E-state index in [4.69, 9.17) is 9.72 Å². The summed E-state index contributed by atoms with van der Waals surface area (Å²) in [6.07, 6.45) is 4.70. The Morgan fingerprint density at radius 2 is 2.03 bits per heavy atom. The zero-order chi connectivity index (χ0) is 21.4. The van der Waals surface area contributed by atoms with Crippen molar-refractivity contribution in [3.8, 4) is 0 Å². The second kappa shape index (κ2) is 8.43. The molecule has 10 heteroatoms. The first-order valence-electron chi connectivity index (χ1n) is 10.3. The van der Waals surface area contributed by atoms with Crippen molar-refractivity contribution in [2.45, 2.75) is 57.5 Å². The molecule has 4 rings (SSSR count). The van der Waals surface area contributed by atoms with E-state index >= 15 is 0 Å². The molecular weight excluding hydrogens is 404 g/mol. The van der Waals surface area contributed by atoms with Crippen LogP contribution in [0, 0.1) is 13.8 Å². The third-order valence-corrected chi connectivity index (χ3v) is 6.85. The van der Waals surface area contributed by atoms with Crippen LogP contribution in [0.25, 0.3) is 11.2 Å². The Morgan fingerprint density at radius 1 is 1.23 bits per heavy atom. The molecule has 1 fully saturated rings. The van der Waals surface area contributed by atoms with Crippen LogP contribution in [-0.2, 0) is 31.9 Å². The van der Waals surface area contributed by atoms with E-state index < -0.39 is 0 Å². The first kappa shape index (κ1) is 20.9. The van der Waals surface area contributed by atoms with Gasteiger partial charge in [-0.1, -0.05) is 11.8 Å². The van der Waals surface area contributed by atoms with E-state index in [9.17, 15) is 9.59 Å². The summed E-state index contributed by atoms with van der Waals surface area (Å²) >= 11 is 1.66. The smallest absolute Gasteiger partial charge is 0.332 e. The van der Waals surface area contributed by atoms with E-state index in [1.165, 1.54) is 14.8 Å². The molecule has 0 saturated carbocycles. The lowest BCUT2D eigenvalue weighted by Crippen LogP contribution is -2.39. The number of thioether (sulfide) groups is 1. The van der Waals surface area contributed by atoms with E-state index in [2.05, 4.69) is 16.5 Å². The van der Waals surface area contributed by atoms with Gasteiger partial charge >= 0.3 is 5.69 Å². The van der Waals surface area contributed by atoms with Crippen molar-refractivity contribution in [1.29, 1.82) is 0 Å². The number of imidazole rings is 2. The van der Waals surface area contributed by atoms with Gasteiger partial charge in [-0.3, -0.25) is 13.9 Å². The molecule has 0 N–H and O–H groups in total. The summed E-state index contributed by atoms with van der Waals surface area (Å²) in [5.41, 5.74) is 2.44. The van der Waals surface area contributed by atoms with Crippen LogP contribution < -0.4 is 11.2 Å². The van der Waals surface area contributed by atoms with Crippen molar-refractivity contribution in [3.63, 3.8) is 0 Å². The van der Waals surface area contributed by atoms with Gasteiger partial charge in [0, 0.05) is 38.7 Å². The molecule has 4 heterocycles. The Balaban J connectivity index is 1.46. The Morgan fingerprint density at radius 3 is 2.77 bits per heavy atom. The maximum atomic E-state index is 12.8. The van der Waals surface area contributed by atoms with E-state index in [1.54, 1.807) is 36.8 Å². The van der Waals surface area contributed by atoms with Crippen LogP contribution in [0.1, 0.15) is 30.7 Å². The molecule has 0 bridgehead atoms. The highest BCUT2D eigenvalue weighted by Gasteiger charge is 2.20. The molecule has 3 aromatic heterocycles. The van der Waals surface area contributed by atoms with Crippen LogP contribution in [-0.4, -0.2) is 46.7 Å². The van der Waals surface area contributed by atoms with Crippen molar-refractivity contribution < 1.29 is 4.74 Å². The number of hydrogen-bond acceptors (Lipinski definition) is 6. The average molecular weight is 433 g/mol. The summed E-state index contributed by atoms with van der Waals surface area (Å²) in [6.45, 7) is 6.15.